The molecule has 0 fully saturated rings. The van der Waals surface area contributed by atoms with Crippen molar-refractivity contribution in [1.82, 2.24) is 9.55 Å². The highest BCUT2D eigenvalue weighted by Gasteiger charge is 2.25. The number of hydrogen-bond acceptors (Lipinski definition) is 1. The van der Waals surface area contributed by atoms with Crippen molar-refractivity contribution in [3.63, 3.8) is 0 Å². The monoisotopic (exact) mass is 374 g/mol. The Hall–Kier alpha value is -2.77. The average molecular weight is 374 g/mol. The highest BCUT2D eigenvalue weighted by atomic mass is 31.1. The molecule has 1 heterocycles. The second-order valence-corrected chi connectivity index (χ2v) is 8.49. The van der Waals surface area contributed by atoms with Crippen LogP contribution in [0.5, 0.6) is 0 Å². The Balaban J connectivity index is 1.97. The Morgan fingerprint density at radius 1 is 0.778 bits per heavy atom. The number of halogens is 1. The van der Waals surface area contributed by atoms with Crippen LogP contribution in [0.2, 0.25) is 0 Å². The number of para-hydroxylation sites is 1. The highest BCUT2D eigenvalue weighted by molar-refractivity contribution is 7.79. The van der Waals surface area contributed by atoms with Gasteiger partial charge in [-0.3, -0.25) is 4.57 Å². The van der Waals surface area contributed by atoms with Gasteiger partial charge in [0.25, 0.3) is 0 Å². The molecule has 0 aliphatic rings. The molecule has 0 atom stereocenters. The molecule has 0 amide bonds. The smallest absolute Gasteiger partial charge is 0.147 e. The lowest BCUT2D eigenvalue weighted by atomic mass is 10.2. The van der Waals surface area contributed by atoms with Gasteiger partial charge in [-0.1, -0.05) is 60.7 Å². The van der Waals surface area contributed by atoms with E-state index in [2.05, 4.69) is 50.2 Å². The Morgan fingerprint density at radius 2 is 1.33 bits per heavy atom. The van der Waals surface area contributed by atoms with Gasteiger partial charge < -0.3 is 0 Å². The normalized spacial score (nSPS) is 11.1. The predicted octanol–water partition coefficient (Wildman–Crippen LogP) is 4.39. The standard InChI is InChI=1S/C23H20FN2P/c1-17-9-3-7-13-21(17)27(22-14-8-4-10-18(22)2)23-25-15-16-26(23)20-12-6-5-11-19(20)24/h3-16H,1-2H3. The van der Waals surface area contributed by atoms with E-state index in [0.717, 1.165) is 5.57 Å². The molecule has 2 nitrogen and oxygen atoms in total. The minimum Gasteiger partial charge on any atom is -0.297 e. The predicted molar refractivity (Wildman–Crippen MR) is 112 cm³/mol. The first kappa shape index (κ1) is 17.6. The van der Waals surface area contributed by atoms with E-state index in [-0.39, 0.29) is 5.82 Å². The lowest BCUT2D eigenvalue weighted by molar-refractivity contribution is 0.619. The van der Waals surface area contributed by atoms with Gasteiger partial charge in [-0.2, -0.15) is 0 Å². The van der Waals surface area contributed by atoms with Gasteiger partial charge in [0.15, 0.2) is 0 Å². The maximum Gasteiger partial charge on any atom is 0.147 e. The summed E-state index contributed by atoms with van der Waals surface area (Å²) in [5, 5.41) is 2.48. The van der Waals surface area contributed by atoms with Crippen LogP contribution in [0.25, 0.3) is 5.69 Å². The van der Waals surface area contributed by atoms with Gasteiger partial charge >= 0.3 is 0 Å². The lowest BCUT2D eigenvalue weighted by Crippen LogP contribution is -2.29. The van der Waals surface area contributed by atoms with Gasteiger partial charge in [0.1, 0.15) is 11.4 Å². The van der Waals surface area contributed by atoms with Gasteiger partial charge in [-0.05, 0) is 47.7 Å². The third-order valence-electron chi connectivity index (χ3n) is 4.65. The van der Waals surface area contributed by atoms with E-state index in [0.29, 0.717) is 5.69 Å². The summed E-state index contributed by atoms with van der Waals surface area (Å²) in [4.78, 5) is 4.69. The van der Waals surface area contributed by atoms with Crippen LogP contribution in [0.1, 0.15) is 11.1 Å². The van der Waals surface area contributed by atoms with Crippen LogP contribution in [-0.2, 0) is 0 Å². The molecule has 0 aliphatic carbocycles. The maximum atomic E-state index is 14.5. The molecule has 1 aromatic heterocycles. The van der Waals surface area contributed by atoms with Gasteiger partial charge in [-0.25, -0.2) is 9.37 Å². The Labute approximate surface area is 160 Å². The molecule has 0 aliphatic heterocycles. The van der Waals surface area contributed by atoms with Crippen LogP contribution in [0, 0.1) is 19.7 Å². The van der Waals surface area contributed by atoms with Crippen LogP contribution >= 0.6 is 7.92 Å². The zero-order chi connectivity index (χ0) is 18.8. The summed E-state index contributed by atoms with van der Waals surface area (Å²) in [6, 6.07) is 23.6. The molecule has 4 heteroatoms. The Morgan fingerprint density at radius 3 is 1.93 bits per heavy atom. The number of benzene rings is 3. The maximum absolute atomic E-state index is 14.5. The SMILES string of the molecule is Cc1ccccc1P(c1ccccc1C)c1nccn1-c1ccccc1F. The molecule has 0 spiro atoms. The van der Waals surface area contributed by atoms with E-state index < -0.39 is 7.92 Å². The number of hydrogen-bond donors (Lipinski definition) is 0. The van der Waals surface area contributed by atoms with Crippen molar-refractivity contribution in [1.29, 1.82) is 0 Å². The fourth-order valence-electron chi connectivity index (χ4n) is 3.27. The van der Waals surface area contributed by atoms with Crippen molar-refractivity contribution in [3.05, 3.63) is 102 Å². The van der Waals surface area contributed by atoms with E-state index in [4.69, 9.17) is 4.98 Å². The van der Waals surface area contributed by atoms with Crippen LogP contribution in [-0.4, -0.2) is 9.55 Å². The molecule has 3 aromatic carbocycles. The topological polar surface area (TPSA) is 17.8 Å². The third-order valence-corrected chi connectivity index (χ3v) is 7.34. The molecule has 0 radical (unpaired) electrons. The molecule has 0 saturated heterocycles. The minimum absolute atomic E-state index is 0.249. The first-order valence-corrected chi connectivity index (χ1v) is 10.2. The van der Waals surface area contributed by atoms with E-state index >= 15 is 0 Å². The molecule has 27 heavy (non-hydrogen) atoms. The molecular formula is C23H20FN2P. The van der Waals surface area contributed by atoms with Crippen LogP contribution < -0.4 is 16.2 Å². The molecule has 0 N–H and O–H groups in total. The summed E-state index contributed by atoms with van der Waals surface area (Å²) in [6.07, 6.45) is 3.60. The number of aromatic nitrogens is 2. The van der Waals surface area contributed by atoms with E-state index in [1.54, 1.807) is 18.3 Å². The average Bonchev–Trinajstić information content (AvgIpc) is 3.14. The van der Waals surface area contributed by atoms with E-state index in [1.807, 2.05) is 29.0 Å². The largest absolute Gasteiger partial charge is 0.297 e. The first-order valence-electron chi connectivity index (χ1n) is 8.86. The third kappa shape index (κ3) is 3.31. The fourth-order valence-corrected chi connectivity index (χ4v) is 5.86. The number of rotatable bonds is 4. The fraction of sp³-hybridized carbons (Fsp3) is 0.0870. The summed E-state index contributed by atoms with van der Waals surface area (Å²) in [5.41, 5.74) is 3.84. The summed E-state index contributed by atoms with van der Waals surface area (Å²) in [6.45, 7) is 4.25. The van der Waals surface area contributed by atoms with Crippen LogP contribution in [0.4, 0.5) is 4.39 Å². The first-order chi connectivity index (χ1) is 13.2. The van der Waals surface area contributed by atoms with Crippen molar-refractivity contribution in [2.75, 3.05) is 0 Å². The van der Waals surface area contributed by atoms with E-state index in [1.165, 1.54) is 27.8 Å². The van der Waals surface area contributed by atoms with Gasteiger partial charge in [-0.15, -0.1) is 0 Å². The summed E-state index contributed by atoms with van der Waals surface area (Å²) < 4.78 is 16.4. The van der Waals surface area contributed by atoms with Gasteiger partial charge in [0.2, 0.25) is 0 Å². The molecule has 4 aromatic rings. The van der Waals surface area contributed by atoms with Crippen LogP contribution in [0.15, 0.2) is 85.2 Å². The van der Waals surface area contributed by atoms with Crippen molar-refractivity contribution in [3.8, 4) is 5.69 Å². The Bertz CT molecular complexity index is 1040. The summed E-state index contributed by atoms with van der Waals surface area (Å²) in [5.74, 6) is -0.249. The van der Waals surface area contributed by atoms with Crippen LogP contribution in [0.3, 0.4) is 0 Å². The molecule has 0 unspecified atom stereocenters. The molecule has 134 valence electrons. The second-order valence-electron chi connectivity index (χ2n) is 6.46. The number of aryl methyl sites for hydroxylation is 2. The van der Waals surface area contributed by atoms with Crippen molar-refractivity contribution >= 4 is 24.1 Å². The molecule has 0 bridgehead atoms. The lowest BCUT2D eigenvalue weighted by Gasteiger charge is -2.23. The Kier molecular flexibility index (Phi) is 4.87. The molecule has 0 saturated carbocycles. The van der Waals surface area contributed by atoms with Crippen molar-refractivity contribution < 1.29 is 4.39 Å². The molecule has 4 rings (SSSR count). The summed E-state index contributed by atoms with van der Waals surface area (Å²) in [7, 11) is -0.922. The minimum atomic E-state index is -0.922. The van der Waals surface area contributed by atoms with Crippen molar-refractivity contribution in [2.24, 2.45) is 0 Å². The quantitative estimate of drug-likeness (QED) is 0.485. The number of nitrogens with zero attached hydrogens (tertiary/aromatic N) is 2. The highest BCUT2D eigenvalue weighted by Crippen LogP contribution is 2.35. The molecular weight excluding hydrogens is 354 g/mol. The second kappa shape index (κ2) is 7.46. The van der Waals surface area contributed by atoms with Gasteiger partial charge in [0, 0.05) is 20.3 Å². The zero-order valence-electron chi connectivity index (χ0n) is 15.3. The summed E-state index contributed by atoms with van der Waals surface area (Å²) >= 11 is 0. The van der Waals surface area contributed by atoms with E-state index in [9.17, 15) is 4.39 Å². The van der Waals surface area contributed by atoms with Crippen molar-refractivity contribution in [2.45, 2.75) is 13.8 Å². The van der Waals surface area contributed by atoms with Gasteiger partial charge in [0.05, 0.1) is 5.69 Å². The zero-order valence-corrected chi connectivity index (χ0v) is 16.2. The number of imidazole rings is 1.